The first-order valence-corrected chi connectivity index (χ1v) is 6.53. The van der Waals surface area contributed by atoms with Gasteiger partial charge in [0.2, 0.25) is 0 Å². The second-order valence-corrected chi connectivity index (χ2v) is 4.41. The molecule has 0 radical (unpaired) electrons. The zero-order chi connectivity index (χ0) is 13.5. The van der Waals surface area contributed by atoms with E-state index in [9.17, 15) is 4.79 Å². The highest BCUT2D eigenvalue weighted by Crippen LogP contribution is 2.22. The van der Waals surface area contributed by atoms with Crippen LogP contribution in [0.25, 0.3) is 0 Å². The first-order valence-electron chi connectivity index (χ1n) is 6.53. The summed E-state index contributed by atoms with van der Waals surface area (Å²) >= 11 is 0. The minimum Gasteiger partial charge on any atom is -0.384 e. The zero-order valence-corrected chi connectivity index (χ0v) is 11.2. The van der Waals surface area contributed by atoms with Gasteiger partial charge in [-0.1, -0.05) is 6.07 Å². The van der Waals surface area contributed by atoms with Gasteiger partial charge >= 0.3 is 0 Å². The third-order valence-electron chi connectivity index (χ3n) is 3.05. The summed E-state index contributed by atoms with van der Waals surface area (Å²) in [5.74, 6) is -0.0631. The molecule has 1 amide bonds. The van der Waals surface area contributed by atoms with Crippen molar-refractivity contribution in [2.45, 2.75) is 6.42 Å². The van der Waals surface area contributed by atoms with Crippen molar-refractivity contribution in [1.29, 1.82) is 0 Å². The lowest BCUT2D eigenvalue weighted by atomic mass is 10.1. The van der Waals surface area contributed by atoms with Gasteiger partial charge in [-0.05, 0) is 24.1 Å². The van der Waals surface area contributed by atoms with E-state index < -0.39 is 0 Å². The number of hydrogen-bond donors (Lipinski definition) is 2. The summed E-state index contributed by atoms with van der Waals surface area (Å²) in [6.45, 7) is 3.08. The molecule has 0 atom stereocenters. The standard InChI is InChI=1S/C14H20N2O3/c1-18-8-9-19-7-6-16-14(17)12-3-2-11-4-5-15-13(11)10-12/h2-3,10,15H,4-9H2,1H3,(H,16,17). The minimum atomic E-state index is -0.0631. The average molecular weight is 264 g/mol. The van der Waals surface area contributed by atoms with Gasteiger partial charge in [-0.2, -0.15) is 0 Å². The lowest BCUT2D eigenvalue weighted by molar-refractivity contribution is 0.0693. The molecule has 1 aliphatic heterocycles. The van der Waals surface area contributed by atoms with Crippen LogP contribution in [0.2, 0.25) is 0 Å². The predicted octanol–water partition coefficient (Wildman–Crippen LogP) is 1.05. The number of amides is 1. The van der Waals surface area contributed by atoms with Crippen molar-refractivity contribution in [3.8, 4) is 0 Å². The Balaban J connectivity index is 1.74. The smallest absolute Gasteiger partial charge is 0.251 e. The largest absolute Gasteiger partial charge is 0.384 e. The molecule has 1 aromatic rings. The summed E-state index contributed by atoms with van der Waals surface area (Å²) in [7, 11) is 1.63. The van der Waals surface area contributed by atoms with Gasteiger partial charge in [-0.15, -0.1) is 0 Å². The summed E-state index contributed by atoms with van der Waals surface area (Å²) in [6.07, 6.45) is 1.03. The second kappa shape index (κ2) is 7.11. The van der Waals surface area contributed by atoms with Crippen LogP contribution in [0.15, 0.2) is 18.2 Å². The highest BCUT2D eigenvalue weighted by molar-refractivity contribution is 5.95. The fourth-order valence-electron chi connectivity index (χ4n) is 2.02. The van der Waals surface area contributed by atoms with E-state index in [1.165, 1.54) is 5.56 Å². The van der Waals surface area contributed by atoms with Crippen LogP contribution in [0.5, 0.6) is 0 Å². The number of rotatable bonds is 7. The maximum Gasteiger partial charge on any atom is 0.251 e. The van der Waals surface area contributed by atoms with Crippen molar-refractivity contribution in [3.63, 3.8) is 0 Å². The number of carbonyl (C=O) groups is 1. The Labute approximate surface area is 113 Å². The molecule has 0 unspecified atom stereocenters. The van der Waals surface area contributed by atoms with E-state index in [0.29, 0.717) is 31.9 Å². The fourth-order valence-corrected chi connectivity index (χ4v) is 2.02. The lowest BCUT2D eigenvalue weighted by Gasteiger charge is -2.07. The Morgan fingerprint density at radius 2 is 2.26 bits per heavy atom. The molecule has 19 heavy (non-hydrogen) atoms. The number of ether oxygens (including phenoxy) is 2. The normalized spacial score (nSPS) is 12.9. The lowest BCUT2D eigenvalue weighted by Crippen LogP contribution is -2.27. The van der Waals surface area contributed by atoms with Crippen LogP contribution in [-0.2, 0) is 15.9 Å². The summed E-state index contributed by atoms with van der Waals surface area (Å²) in [5.41, 5.74) is 3.04. The van der Waals surface area contributed by atoms with Crippen LogP contribution in [0.3, 0.4) is 0 Å². The number of hydrogen-bond acceptors (Lipinski definition) is 4. The molecule has 104 valence electrons. The van der Waals surface area contributed by atoms with E-state index in [4.69, 9.17) is 9.47 Å². The van der Waals surface area contributed by atoms with E-state index in [1.54, 1.807) is 7.11 Å². The van der Waals surface area contributed by atoms with E-state index in [1.807, 2.05) is 18.2 Å². The highest BCUT2D eigenvalue weighted by atomic mass is 16.5. The molecule has 5 nitrogen and oxygen atoms in total. The summed E-state index contributed by atoms with van der Waals surface area (Å²) in [6, 6.07) is 5.79. The molecule has 1 aliphatic rings. The molecule has 1 aromatic carbocycles. The summed E-state index contributed by atoms with van der Waals surface area (Å²) < 4.78 is 10.1. The van der Waals surface area contributed by atoms with Crippen LogP contribution in [0, 0.1) is 0 Å². The molecule has 0 saturated heterocycles. The van der Waals surface area contributed by atoms with Gasteiger partial charge in [0.15, 0.2) is 0 Å². The molecule has 5 heteroatoms. The van der Waals surface area contributed by atoms with Crippen molar-refractivity contribution < 1.29 is 14.3 Å². The highest BCUT2D eigenvalue weighted by Gasteiger charge is 2.12. The molecule has 0 aromatic heterocycles. The molecule has 0 bridgehead atoms. The zero-order valence-electron chi connectivity index (χ0n) is 11.2. The molecule has 0 saturated carbocycles. The Hall–Kier alpha value is -1.59. The van der Waals surface area contributed by atoms with Crippen LogP contribution in [-0.4, -0.2) is 45.9 Å². The van der Waals surface area contributed by atoms with Gasteiger partial charge in [0.25, 0.3) is 5.91 Å². The Morgan fingerprint density at radius 1 is 1.37 bits per heavy atom. The number of benzene rings is 1. The molecule has 2 N–H and O–H groups in total. The maximum atomic E-state index is 11.9. The van der Waals surface area contributed by atoms with Crippen molar-refractivity contribution in [2.75, 3.05) is 45.3 Å². The molecular formula is C14H20N2O3. The molecule has 0 spiro atoms. The molecule has 0 aliphatic carbocycles. The van der Waals surface area contributed by atoms with Gasteiger partial charge in [-0.3, -0.25) is 4.79 Å². The molecule has 2 rings (SSSR count). The maximum absolute atomic E-state index is 11.9. The molecule has 0 fully saturated rings. The van der Waals surface area contributed by atoms with E-state index in [-0.39, 0.29) is 5.91 Å². The van der Waals surface area contributed by atoms with E-state index in [2.05, 4.69) is 10.6 Å². The molecular weight excluding hydrogens is 244 g/mol. The number of anilines is 1. The summed E-state index contributed by atoms with van der Waals surface area (Å²) in [4.78, 5) is 11.9. The van der Waals surface area contributed by atoms with Gasteiger partial charge in [-0.25, -0.2) is 0 Å². The van der Waals surface area contributed by atoms with Crippen LogP contribution < -0.4 is 10.6 Å². The average Bonchev–Trinajstić information content (AvgIpc) is 2.89. The first kappa shape index (κ1) is 13.8. The molecule has 1 heterocycles. The Morgan fingerprint density at radius 3 is 3.11 bits per heavy atom. The quantitative estimate of drug-likeness (QED) is 0.723. The van der Waals surface area contributed by atoms with Gasteiger partial charge in [0, 0.05) is 31.5 Å². The number of nitrogens with one attached hydrogen (secondary N) is 2. The Kier molecular flexibility index (Phi) is 5.18. The summed E-state index contributed by atoms with van der Waals surface area (Å²) in [5, 5.41) is 6.10. The SMILES string of the molecule is COCCOCCNC(=O)c1ccc2c(c1)NCC2. The third kappa shape index (κ3) is 3.94. The van der Waals surface area contributed by atoms with Crippen LogP contribution >= 0.6 is 0 Å². The van der Waals surface area contributed by atoms with Gasteiger partial charge < -0.3 is 20.1 Å². The number of fused-ring (bicyclic) bond motifs is 1. The van der Waals surface area contributed by atoms with Gasteiger partial charge in [0.05, 0.1) is 19.8 Å². The minimum absolute atomic E-state index is 0.0631. The first-order chi connectivity index (χ1) is 9.31. The van der Waals surface area contributed by atoms with Crippen molar-refractivity contribution >= 4 is 11.6 Å². The van der Waals surface area contributed by atoms with E-state index in [0.717, 1.165) is 18.7 Å². The Bertz CT molecular complexity index is 435. The van der Waals surface area contributed by atoms with Crippen molar-refractivity contribution in [3.05, 3.63) is 29.3 Å². The van der Waals surface area contributed by atoms with Gasteiger partial charge in [0.1, 0.15) is 0 Å². The number of methoxy groups -OCH3 is 1. The predicted molar refractivity (Wildman–Crippen MR) is 73.7 cm³/mol. The van der Waals surface area contributed by atoms with E-state index >= 15 is 0 Å². The van der Waals surface area contributed by atoms with Crippen LogP contribution in [0.4, 0.5) is 5.69 Å². The fraction of sp³-hybridized carbons (Fsp3) is 0.500. The number of carbonyl (C=O) groups excluding carboxylic acids is 1. The second-order valence-electron chi connectivity index (χ2n) is 4.41. The third-order valence-corrected chi connectivity index (χ3v) is 3.05. The monoisotopic (exact) mass is 264 g/mol. The topological polar surface area (TPSA) is 59.6 Å². The van der Waals surface area contributed by atoms with Crippen LogP contribution in [0.1, 0.15) is 15.9 Å². The van der Waals surface area contributed by atoms with Crippen molar-refractivity contribution in [1.82, 2.24) is 5.32 Å². The van der Waals surface area contributed by atoms with Crippen molar-refractivity contribution in [2.24, 2.45) is 0 Å².